The SMILES string of the molecule is CN(C)C(=O)CCCC(F)(F)c1cccc(OCc2ccccc2F)c1. The Morgan fingerprint density at radius 3 is 2.54 bits per heavy atom. The fourth-order valence-electron chi connectivity index (χ4n) is 2.42. The van der Waals surface area contributed by atoms with Gasteiger partial charge < -0.3 is 9.64 Å². The van der Waals surface area contributed by atoms with Gasteiger partial charge in [-0.05, 0) is 24.6 Å². The molecular formula is C20H22F3NO2. The Labute approximate surface area is 151 Å². The lowest BCUT2D eigenvalue weighted by Gasteiger charge is -2.18. The number of ether oxygens (including phenoxy) is 1. The fraction of sp³-hybridized carbons (Fsp3) is 0.350. The molecule has 0 bridgehead atoms. The molecule has 0 aliphatic rings. The highest BCUT2D eigenvalue weighted by atomic mass is 19.3. The van der Waals surface area contributed by atoms with Crippen LogP contribution in [-0.4, -0.2) is 24.9 Å². The normalized spacial score (nSPS) is 11.3. The van der Waals surface area contributed by atoms with E-state index in [-0.39, 0.29) is 36.7 Å². The van der Waals surface area contributed by atoms with Gasteiger partial charge in [0, 0.05) is 38.1 Å². The second kappa shape index (κ2) is 8.74. The van der Waals surface area contributed by atoms with E-state index >= 15 is 0 Å². The van der Waals surface area contributed by atoms with Crippen molar-refractivity contribution in [2.75, 3.05) is 14.1 Å². The summed E-state index contributed by atoms with van der Waals surface area (Å²) in [5.41, 5.74) is 0.174. The van der Waals surface area contributed by atoms with Crippen molar-refractivity contribution in [1.29, 1.82) is 0 Å². The van der Waals surface area contributed by atoms with E-state index in [2.05, 4.69) is 0 Å². The van der Waals surface area contributed by atoms with Gasteiger partial charge in [-0.2, -0.15) is 0 Å². The predicted molar refractivity (Wildman–Crippen MR) is 93.6 cm³/mol. The summed E-state index contributed by atoms with van der Waals surface area (Å²) in [4.78, 5) is 12.9. The quantitative estimate of drug-likeness (QED) is 0.675. The van der Waals surface area contributed by atoms with E-state index in [0.717, 1.165) is 0 Å². The van der Waals surface area contributed by atoms with Crippen molar-refractivity contribution >= 4 is 5.91 Å². The standard InChI is InChI=1S/C20H22F3NO2/c1-24(2)19(25)11-6-12-20(22,23)16-8-5-9-17(13-16)26-14-15-7-3-4-10-18(15)21/h3-5,7-10,13H,6,11-12,14H2,1-2H3. The molecule has 0 saturated heterocycles. The number of rotatable bonds is 8. The minimum atomic E-state index is -3.07. The summed E-state index contributed by atoms with van der Waals surface area (Å²) in [5.74, 6) is -3.40. The number of halogens is 3. The molecule has 140 valence electrons. The molecule has 2 aromatic rings. The van der Waals surface area contributed by atoms with Crippen LogP contribution in [-0.2, 0) is 17.3 Å². The van der Waals surface area contributed by atoms with E-state index in [0.29, 0.717) is 5.56 Å². The van der Waals surface area contributed by atoms with Crippen LogP contribution < -0.4 is 4.74 Å². The minimum absolute atomic E-state index is 0.0426. The first-order valence-electron chi connectivity index (χ1n) is 8.34. The van der Waals surface area contributed by atoms with E-state index < -0.39 is 18.2 Å². The van der Waals surface area contributed by atoms with Crippen molar-refractivity contribution in [3.63, 3.8) is 0 Å². The van der Waals surface area contributed by atoms with Crippen molar-refractivity contribution in [3.8, 4) is 5.75 Å². The third-order valence-corrected chi connectivity index (χ3v) is 3.99. The maximum atomic E-state index is 14.4. The summed E-state index contributed by atoms with van der Waals surface area (Å²) in [5, 5.41) is 0. The molecule has 0 aromatic heterocycles. The number of hydrogen-bond acceptors (Lipinski definition) is 2. The monoisotopic (exact) mass is 365 g/mol. The molecule has 0 radical (unpaired) electrons. The van der Waals surface area contributed by atoms with Crippen LogP contribution in [0.25, 0.3) is 0 Å². The molecule has 0 aliphatic heterocycles. The Morgan fingerprint density at radius 1 is 1.12 bits per heavy atom. The summed E-state index contributed by atoms with van der Waals surface area (Å²) in [6.45, 7) is -0.0426. The zero-order chi connectivity index (χ0) is 19.2. The van der Waals surface area contributed by atoms with Gasteiger partial charge in [-0.3, -0.25) is 4.79 Å². The molecule has 0 N–H and O–H groups in total. The van der Waals surface area contributed by atoms with E-state index in [1.807, 2.05) is 0 Å². The van der Waals surface area contributed by atoms with Crippen LogP contribution in [0.4, 0.5) is 13.2 Å². The highest BCUT2D eigenvalue weighted by Gasteiger charge is 2.31. The highest BCUT2D eigenvalue weighted by Crippen LogP contribution is 2.35. The fourth-order valence-corrected chi connectivity index (χ4v) is 2.42. The zero-order valence-corrected chi connectivity index (χ0v) is 14.8. The van der Waals surface area contributed by atoms with Crippen LogP contribution in [0.2, 0.25) is 0 Å². The summed E-state index contributed by atoms with van der Waals surface area (Å²) in [6.07, 6.45) is -0.264. The molecule has 0 atom stereocenters. The average molecular weight is 365 g/mol. The molecule has 0 aliphatic carbocycles. The van der Waals surface area contributed by atoms with E-state index in [1.54, 1.807) is 38.4 Å². The predicted octanol–water partition coefficient (Wildman–Crippen LogP) is 4.76. The summed E-state index contributed by atoms with van der Waals surface area (Å²) < 4.78 is 47.8. The smallest absolute Gasteiger partial charge is 0.273 e. The van der Waals surface area contributed by atoms with Gasteiger partial charge in [0.15, 0.2) is 0 Å². The molecule has 0 spiro atoms. The second-order valence-corrected chi connectivity index (χ2v) is 6.25. The number of carbonyl (C=O) groups excluding carboxylic acids is 1. The van der Waals surface area contributed by atoms with E-state index in [9.17, 15) is 18.0 Å². The first-order chi connectivity index (χ1) is 12.3. The number of carbonyl (C=O) groups is 1. The van der Waals surface area contributed by atoms with Crippen LogP contribution in [0, 0.1) is 5.82 Å². The molecular weight excluding hydrogens is 343 g/mol. The number of amides is 1. The topological polar surface area (TPSA) is 29.5 Å². The first-order valence-corrected chi connectivity index (χ1v) is 8.34. The molecule has 26 heavy (non-hydrogen) atoms. The molecule has 0 heterocycles. The molecule has 0 fully saturated rings. The molecule has 1 amide bonds. The largest absolute Gasteiger partial charge is 0.489 e. The van der Waals surface area contributed by atoms with Crippen molar-refractivity contribution in [3.05, 3.63) is 65.5 Å². The lowest BCUT2D eigenvalue weighted by atomic mass is 10.0. The van der Waals surface area contributed by atoms with Crippen molar-refractivity contribution < 1.29 is 22.7 Å². The lowest BCUT2D eigenvalue weighted by Crippen LogP contribution is -2.22. The van der Waals surface area contributed by atoms with Gasteiger partial charge in [-0.15, -0.1) is 0 Å². The maximum absolute atomic E-state index is 14.4. The first kappa shape index (κ1) is 19.8. The number of alkyl halides is 2. The Kier molecular flexibility index (Phi) is 6.66. The second-order valence-electron chi connectivity index (χ2n) is 6.25. The van der Waals surface area contributed by atoms with Crippen LogP contribution in [0.1, 0.15) is 30.4 Å². The van der Waals surface area contributed by atoms with E-state index in [1.165, 1.54) is 29.2 Å². The Bertz CT molecular complexity index is 747. The lowest BCUT2D eigenvalue weighted by molar-refractivity contribution is -0.129. The Morgan fingerprint density at radius 2 is 1.85 bits per heavy atom. The molecule has 0 unspecified atom stereocenters. The Balaban J connectivity index is 1.98. The molecule has 6 heteroatoms. The number of hydrogen-bond donors (Lipinski definition) is 0. The van der Waals surface area contributed by atoms with Gasteiger partial charge in [0.1, 0.15) is 18.2 Å². The van der Waals surface area contributed by atoms with E-state index in [4.69, 9.17) is 4.74 Å². The van der Waals surface area contributed by atoms with Gasteiger partial charge in [0.2, 0.25) is 5.91 Å². The number of nitrogens with zero attached hydrogens (tertiary/aromatic N) is 1. The van der Waals surface area contributed by atoms with Crippen LogP contribution >= 0.6 is 0 Å². The van der Waals surface area contributed by atoms with Gasteiger partial charge in [0.05, 0.1) is 0 Å². The summed E-state index contributed by atoms with van der Waals surface area (Å²) in [6, 6.07) is 11.8. The van der Waals surface area contributed by atoms with Crippen LogP contribution in [0.15, 0.2) is 48.5 Å². The maximum Gasteiger partial charge on any atom is 0.273 e. The molecule has 2 aromatic carbocycles. The van der Waals surface area contributed by atoms with Gasteiger partial charge in [-0.1, -0.05) is 30.3 Å². The average Bonchev–Trinajstić information content (AvgIpc) is 2.61. The zero-order valence-electron chi connectivity index (χ0n) is 14.8. The van der Waals surface area contributed by atoms with Gasteiger partial charge in [-0.25, -0.2) is 13.2 Å². The van der Waals surface area contributed by atoms with Crippen molar-refractivity contribution in [2.24, 2.45) is 0 Å². The molecule has 0 saturated carbocycles. The Hall–Kier alpha value is -2.50. The van der Waals surface area contributed by atoms with Crippen LogP contribution in [0.3, 0.4) is 0 Å². The van der Waals surface area contributed by atoms with Crippen LogP contribution in [0.5, 0.6) is 5.75 Å². The summed E-state index contributed by atoms with van der Waals surface area (Å²) >= 11 is 0. The third kappa shape index (κ3) is 5.51. The third-order valence-electron chi connectivity index (χ3n) is 3.99. The summed E-state index contributed by atoms with van der Waals surface area (Å²) in [7, 11) is 3.19. The van der Waals surface area contributed by atoms with Crippen molar-refractivity contribution in [2.45, 2.75) is 31.8 Å². The van der Waals surface area contributed by atoms with Gasteiger partial charge >= 0.3 is 0 Å². The minimum Gasteiger partial charge on any atom is -0.489 e. The highest BCUT2D eigenvalue weighted by molar-refractivity contribution is 5.75. The molecule has 2 rings (SSSR count). The van der Waals surface area contributed by atoms with Crippen molar-refractivity contribution in [1.82, 2.24) is 4.90 Å². The number of benzene rings is 2. The van der Waals surface area contributed by atoms with Gasteiger partial charge in [0.25, 0.3) is 5.92 Å². The molecule has 3 nitrogen and oxygen atoms in total.